The summed E-state index contributed by atoms with van der Waals surface area (Å²) in [7, 11) is 0. The Balaban J connectivity index is 2.78. The fraction of sp³-hybridized carbons (Fsp3) is 0.333. The van der Waals surface area contributed by atoms with Crippen LogP contribution < -0.4 is 4.74 Å². The van der Waals surface area contributed by atoms with E-state index in [1.54, 1.807) is 25.1 Å². The van der Waals surface area contributed by atoms with Crippen molar-refractivity contribution in [2.45, 2.75) is 6.92 Å². The maximum atomic E-state index is 13.2. The Morgan fingerprint density at radius 1 is 1.50 bits per heavy atom. The monoisotopic (exact) mass is 232 g/mol. The molecule has 1 aromatic rings. The summed E-state index contributed by atoms with van der Waals surface area (Å²) in [6.07, 6.45) is 0. The highest BCUT2D eigenvalue weighted by Crippen LogP contribution is 2.19. The molecule has 0 spiro atoms. The van der Waals surface area contributed by atoms with Crippen molar-refractivity contribution >= 4 is 15.9 Å². The van der Waals surface area contributed by atoms with Crippen LogP contribution in [0.5, 0.6) is 5.75 Å². The van der Waals surface area contributed by atoms with E-state index >= 15 is 0 Å². The van der Waals surface area contributed by atoms with Gasteiger partial charge in [0, 0.05) is 5.33 Å². The minimum Gasteiger partial charge on any atom is -0.490 e. The average Bonchev–Trinajstić information content (AvgIpc) is 2.08. The van der Waals surface area contributed by atoms with Crippen molar-refractivity contribution in [1.29, 1.82) is 0 Å². The molecule has 0 saturated heterocycles. The molecule has 0 aromatic heterocycles. The van der Waals surface area contributed by atoms with E-state index in [2.05, 4.69) is 15.9 Å². The first-order valence-corrected chi connectivity index (χ1v) is 4.81. The molecular weight excluding hydrogens is 223 g/mol. The number of hydrogen-bond acceptors (Lipinski definition) is 1. The molecule has 66 valence electrons. The summed E-state index contributed by atoms with van der Waals surface area (Å²) in [5, 5.41) is 0.709. The van der Waals surface area contributed by atoms with E-state index in [0.717, 1.165) is 0 Å². The van der Waals surface area contributed by atoms with Gasteiger partial charge in [-0.25, -0.2) is 4.39 Å². The maximum Gasteiger partial charge on any atom is 0.167 e. The molecule has 1 aromatic carbocycles. The second-order valence-electron chi connectivity index (χ2n) is 2.42. The van der Waals surface area contributed by atoms with Crippen LogP contribution in [0.2, 0.25) is 0 Å². The van der Waals surface area contributed by atoms with Crippen molar-refractivity contribution < 1.29 is 9.13 Å². The fourth-order valence-corrected chi connectivity index (χ4v) is 1.04. The molecule has 0 aliphatic heterocycles. The lowest BCUT2D eigenvalue weighted by molar-refractivity contribution is 0.325. The van der Waals surface area contributed by atoms with Gasteiger partial charge in [-0.1, -0.05) is 28.1 Å². The first kappa shape index (κ1) is 9.52. The zero-order chi connectivity index (χ0) is 8.97. The van der Waals surface area contributed by atoms with Gasteiger partial charge in [-0.3, -0.25) is 0 Å². The summed E-state index contributed by atoms with van der Waals surface area (Å²) in [6.45, 7) is 2.21. The van der Waals surface area contributed by atoms with Crippen LogP contribution in [0.1, 0.15) is 5.56 Å². The summed E-state index contributed by atoms with van der Waals surface area (Å²) in [5.41, 5.74) is 0.613. The van der Waals surface area contributed by atoms with Crippen molar-refractivity contribution in [2.75, 3.05) is 11.9 Å². The van der Waals surface area contributed by atoms with E-state index in [1.807, 2.05) is 0 Å². The summed E-state index contributed by atoms with van der Waals surface area (Å²) < 4.78 is 18.3. The average molecular weight is 233 g/mol. The molecule has 12 heavy (non-hydrogen) atoms. The van der Waals surface area contributed by atoms with Crippen molar-refractivity contribution in [1.82, 2.24) is 0 Å². The molecule has 0 atom stereocenters. The van der Waals surface area contributed by atoms with Gasteiger partial charge in [-0.05, 0) is 18.6 Å². The quantitative estimate of drug-likeness (QED) is 0.729. The zero-order valence-corrected chi connectivity index (χ0v) is 8.40. The minimum absolute atomic E-state index is 0.265. The Morgan fingerprint density at radius 3 is 2.92 bits per heavy atom. The molecular formula is C9H10BrFO. The van der Waals surface area contributed by atoms with E-state index < -0.39 is 0 Å². The number of halogens is 2. The normalized spacial score (nSPS) is 9.92. The van der Waals surface area contributed by atoms with Crippen LogP contribution in [0, 0.1) is 12.7 Å². The van der Waals surface area contributed by atoms with E-state index in [-0.39, 0.29) is 5.82 Å². The third-order valence-electron chi connectivity index (χ3n) is 1.49. The summed E-state index contributed by atoms with van der Waals surface area (Å²) in [4.78, 5) is 0. The lowest BCUT2D eigenvalue weighted by atomic mass is 10.2. The standard InChI is InChI=1S/C9H10BrFO/c1-7-3-2-4-8(9(7)11)12-6-5-10/h2-4H,5-6H2,1H3. The number of ether oxygens (including phenoxy) is 1. The van der Waals surface area contributed by atoms with Crippen LogP contribution in [-0.4, -0.2) is 11.9 Å². The first-order chi connectivity index (χ1) is 5.75. The molecule has 0 unspecified atom stereocenters. The Bertz CT molecular complexity index is 263. The van der Waals surface area contributed by atoms with Gasteiger partial charge in [0.05, 0.1) is 6.61 Å². The SMILES string of the molecule is Cc1cccc(OCCBr)c1F. The van der Waals surface area contributed by atoms with E-state index in [9.17, 15) is 4.39 Å². The second kappa shape index (κ2) is 4.45. The highest BCUT2D eigenvalue weighted by molar-refractivity contribution is 9.09. The van der Waals surface area contributed by atoms with Crippen LogP contribution >= 0.6 is 15.9 Å². The summed E-state index contributed by atoms with van der Waals surface area (Å²) >= 11 is 3.20. The predicted molar refractivity (Wildman–Crippen MR) is 50.4 cm³/mol. The molecule has 0 fully saturated rings. The third-order valence-corrected chi connectivity index (χ3v) is 1.81. The van der Waals surface area contributed by atoms with Crippen LogP contribution in [0.25, 0.3) is 0 Å². The van der Waals surface area contributed by atoms with Crippen molar-refractivity contribution in [3.8, 4) is 5.75 Å². The molecule has 0 bridgehead atoms. The van der Waals surface area contributed by atoms with Crippen molar-refractivity contribution in [3.63, 3.8) is 0 Å². The van der Waals surface area contributed by atoms with Gasteiger partial charge >= 0.3 is 0 Å². The van der Waals surface area contributed by atoms with Gasteiger partial charge < -0.3 is 4.74 Å². The molecule has 0 N–H and O–H groups in total. The number of alkyl halides is 1. The Kier molecular flexibility index (Phi) is 3.53. The maximum absolute atomic E-state index is 13.2. The number of hydrogen-bond donors (Lipinski definition) is 0. The number of aryl methyl sites for hydroxylation is 1. The third kappa shape index (κ3) is 2.21. The molecule has 0 saturated carbocycles. The highest BCUT2D eigenvalue weighted by atomic mass is 79.9. The van der Waals surface area contributed by atoms with Gasteiger partial charge in [0.1, 0.15) is 0 Å². The van der Waals surface area contributed by atoms with Gasteiger partial charge in [0.25, 0.3) is 0 Å². The predicted octanol–water partition coefficient (Wildman–Crippen LogP) is 2.91. The Hall–Kier alpha value is -0.570. The summed E-state index contributed by atoms with van der Waals surface area (Å²) in [6, 6.07) is 5.13. The van der Waals surface area contributed by atoms with Crippen LogP contribution in [0.15, 0.2) is 18.2 Å². The van der Waals surface area contributed by atoms with E-state index in [0.29, 0.717) is 23.2 Å². The number of rotatable bonds is 3. The van der Waals surface area contributed by atoms with Gasteiger partial charge in [-0.2, -0.15) is 0 Å². The smallest absolute Gasteiger partial charge is 0.167 e. The molecule has 0 radical (unpaired) electrons. The largest absolute Gasteiger partial charge is 0.490 e. The Morgan fingerprint density at radius 2 is 2.25 bits per heavy atom. The van der Waals surface area contributed by atoms with E-state index in [4.69, 9.17) is 4.74 Å². The first-order valence-electron chi connectivity index (χ1n) is 3.69. The minimum atomic E-state index is -0.265. The molecule has 0 amide bonds. The molecule has 0 heterocycles. The van der Waals surface area contributed by atoms with Crippen LogP contribution in [0.3, 0.4) is 0 Å². The van der Waals surface area contributed by atoms with E-state index in [1.165, 1.54) is 0 Å². The zero-order valence-electron chi connectivity index (χ0n) is 6.81. The molecule has 3 heteroatoms. The van der Waals surface area contributed by atoms with Crippen LogP contribution in [0.4, 0.5) is 4.39 Å². The fourth-order valence-electron chi connectivity index (χ4n) is 0.881. The lowest BCUT2D eigenvalue weighted by Gasteiger charge is -2.05. The molecule has 1 nitrogen and oxygen atoms in total. The van der Waals surface area contributed by atoms with Crippen molar-refractivity contribution in [2.24, 2.45) is 0 Å². The van der Waals surface area contributed by atoms with Crippen molar-refractivity contribution in [3.05, 3.63) is 29.6 Å². The highest BCUT2D eigenvalue weighted by Gasteiger charge is 2.04. The molecule has 1 rings (SSSR count). The second-order valence-corrected chi connectivity index (χ2v) is 3.22. The molecule has 0 aliphatic carbocycles. The number of benzene rings is 1. The van der Waals surface area contributed by atoms with Gasteiger partial charge in [0.2, 0.25) is 0 Å². The van der Waals surface area contributed by atoms with Gasteiger partial charge in [0.15, 0.2) is 11.6 Å². The summed E-state index contributed by atoms with van der Waals surface area (Å²) in [5.74, 6) is 0.0629. The Labute approximate surface area is 79.7 Å². The lowest BCUT2D eigenvalue weighted by Crippen LogP contribution is -2.00. The van der Waals surface area contributed by atoms with Crippen LogP contribution in [-0.2, 0) is 0 Å². The van der Waals surface area contributed by atoms with Gasteiger partial charge in [-0.15, -0.1) is 0 Å². The topological polar surface area (TPSA) is 9.23 Å². The molecule has 0 aliphatic rings.